The minimum atomic E-state index is -2.86. The summed E-state index contributed by atoms with van der Waals surface area (Å²) < 4.78 is 36.6. The molecule has 0 bridgehead atoms. The lowest BCUT2D eigenvalue weighted by Crippen LogP contribution is -2.18. The Hall–Kier alpha value is -4.36. The minimum Gasteiger partial charge on any atom is -0.471 e. The second kappa shape index (κ2) is 11.5. The van der Waals surface area contributed by atoms with Gasteiger partial charge in [-0.3, -0.25) is 14.3 Å². The van der Waals surface area contributed by atoms with Gasteiger partial charge in [0.1, 0.15) is 21.2 Å². The molecule has 1 aromatic carbocycles. The Morgan fingerprint density at radius 2 is 1.88 bits per heavy atom. The summed E-state index contributed by atoms with van der Waals surface area (Å²) in [5.74, 6) is -0.887. The number of aryl methyl sites for hydroxylation is 3. The van der Waals surface area contributed by atoms with E-state index in [1.165, 1.54) is 16.8 Å². The molecule has 2 amide bonds. The highest BCUT2D eigenvalue weighted by Crippen LogP contribution is 2.43. The van der Waals surface area contributed by atoms with Crippen LogP contribution in [0.15, 0.2) is 36.7 Å². The molecule has 0 atom stereocenters. The number of rotatable bonds is 9. The summed E-state index contributed by atoms with van der Waals surface area (Å²) in [7, 11) is 0. The van der Waals surface area contributed by atoms with Crippen LogP contribution in [0.1, 0.15) is 56.0 Å². The predicted molar refractivity (Wildman–Crippen MR) is 156 cm³/mol. The number of nitrogens with two attached hydrogens (primary N) is 1. The third-order valence-electron chi connectivity index (χ3n) is 6.71. The van der Waals surface area contributed by atoms with E-state index in [9.17, 15) is 18.4 Å². The molecule has 0 aliphatic carbocycles. The highest BCUT2D eigenvalue weighted by atomic mass is 35.5. The lowest BCUT2D eigenvalue weighted by molar-refractivity contribution is 0.100. The number of nitrogens with one attached hydrogen (secondary N) is 1. The van der Waals surface area contributed by atoms with Crippen molar-refractivity contribution in [3.63, 3.8) is 0 Å². The minimum absolute atomic E-state index is 0.0207. The maximum absolute atomic E-state index is 13.8. The lowest BCUT2D eigenvalue weighted by atomic mass is 10.0. The zero-order chi connectivity index (χ0) is 30.3. The topological polar surface area (TPSA) is 130 Å². The molecule has 4 aromatic heterocycles. The summed E-state index contributed by atoms with van der Waals surface area (Å²) in [4.78, 5) is 29.9. The van der Waals surface area contributed by atoms with Crippen molar-refractivity contribution < 1.29 is 23.1 Å². The molecule has 0 spiro atoms. The van der Waals surface area contributed by atoms with Crippen molar-refractivity contribution >= 4 is 50.7 Å². The van der Waals surface area contributed by atoms with Crippen LogP contribution in [0, 0.1) is 20.8 Å². The van der Waals surface area contributed by atoms with Crippen molar-refractivity contribution in [3.05, 3.63) is 74.8 Å². The Bertz CT molecular complexity index is 1820. The molecule has 0 saturated carbocycles. The van der Waals surface area contributed by atoms with E-state index in [1.54, 1.807) is 36.1 Å². The first kappa shape index (κ1) is 29.1. The molecular weight excluding hydrogens is 588 g/mol. The molecular formula is C28H26ClF2N7O3S. The molecule has 0 fully saturated rings. The van der Waals surface area contributed by atoms with Crippen LogP contribution in [0.2, 0.25) is 5.02 Å². The van der Waals surface area contributed by atoms with Crippen LogP contribution in [-0.2, 0) is 13.3 Å². The average molecular weight is 614 g/mol. The van der Waals surface area contributed by atoms with Crippen LogP contribution in [0.3, 0.4) is 0 Å². The van der Waals surface area contributed by atoms with Gasteiger partial charge in [-0.1, -0.05) is 11.6 Å². The van der Waals surface area contributed by atoms with Gasteiger partial charge in [0.2, 0.25) is 0 Å². The fourth-order valence-electron chi connectivity index (χ4n) is 4.63. The summed E-state index contributed by atoms with van der Waals surface area (Å²) in [5, 5.41) is 12.3. The Morgan fingerprint density at radius 3 is 2.50 bits per heavy atom. The first-order valence-electron chi connectivity index (χ1n) is 12.8. The summed E-state index contributed by atoms with van der Waals surface area (Å²) in [6, 6.07) is 6.34. The van der Waals surface area contributed by atoms with Gasteiger partial charge in [-0.2, -0.15) is 10.2 Å². The van der Waals surface area contributed by atoms with Gasteiger partial charge >= 0.3 is 0 Å². The van der Waals surface area contributed by atoms with Crippen molar-refractivity contribution in [1.82, 2.24) is 24.5 Å². The third-order valence-corrected chi connectivity index (χ3v) is 8.40. The number of carbonyl (C=O) groups excluding carboxylic acids is 2. The molecule has 5 aromatic rings. The van der Waals surface area contributed by atoms with Crippen molar-refractivity contribution in [2.75, 3.05) is 5.32 Å². The van der Waals surface area contributed by atoms with Crippen molar-refractivity contribution in [2.45, 2.75) is 47.4 Å². The van der Waals surface area contributed by atoms with E-state index in [-0.39, 0.29) is 27.8 Å². The van der Waals surface area contributed by atoms with Gasteiger partial charge in [-0.05, 0) is 68.7 Å². The number of pyridine rings is 1. The van der Waals surface area contributed by atoms with Crippen LogP contribution in [0.4, 0.5) is 14.5 Å². The van der Waals surface area contributed by atoms with E-state index in [2.05, 4.69) is 20.5 Å². The van der Waals surface area contributed by atoms with Gasteiger partial charge in [0.05, 0.1) is 11.9 Å². The van der Waals surface area contributed by atoms with Crippen LogP contribution < -0.4 is 15.8 Å². The molecule has 0 aliphatic rings. The maximum atomic E-state index is 13.8. The second-order valence-corrected chi connectivity index (χ2v) is 10.9. The Balaban J connectivity index is 1.50. The fourth-order valence-corrected chi connectivity index (χ4v) is 5.75. The number of hydrogen-bond donors (Lipinski definition) is 2. The molecule has 3 N–H and O–H groups in total. The van der Waals surface area contributed by atoms with E-state index < -0.39 is 23.9 Å². The number of alkyl halides is 2. The number of carbonyl (C=O) groups is 2. The second-order valence-electron chi connectivity index (χ2n) is 9.54. The van der Waals surface area contributed by atoms with E-state index in [1.807, 2.05) is 20.8 Å². The monoisotopic (exact) mass is 613 g/mol. The van der Waals surface area contributed by atoms with Crippen LogP contribution >= 0.6 is 22.9 Å². The summed E-state index contributed by atoms with van der Waals surface area (Å²) >= 11 is 7.05. The van der Waals surface area contributed by atoms with Gasteiger partial charge in [0, 0.05) is 34.4 Å². The van der Waals surface area contributed by atoms with Gasteiger partial charge in [0.25, 0.3) is 18.2 Å². The number of benzene rings is 1. The zero-order valence-electron chi connectivity index (χ0n) is 23.0. The number of anilines is 1. The molecule has 5 rings (SSSR count). The van der Waals surface area contributed by atoms with Gasteiger partial charge in [0.15, 0.2) is 12.4 Å². The molecule has 14 heteroatoms. The number of aromatic nitrogens is 5. The van der Waals surface area contributed by atoms with Crippen LogP contribution in [0.25, 0.3) is 21.3 Å². The van der Waals surface area contributed by atoms with Crippen LogP contribution in [-0.4, -0.2) is 36.4 Å². The van der Waals surface area contributed by atoms with E-state index in [0.29, 0.717) is 33.8 Å². The fraction of sp³-hybridized carbons (Fsp3) is 0.250. The first-order valence-corrected chi connectivity index (χ1v) is 14.0. The predicted octanol–water partition coefficient (Wildman–Crippen LogP) is 6.28. The number of hydrogen-bond acceptors (Lipinski definition) is 7. The Kier molecular flexibility index (Phi) is 7.97. The third kappa shape index (κ3) is 5.44. The van der Waals surface area contributed by atoms with Crippen LogP contribution in [0.5, 0.6) is 5.75 Å². The standard InChI is InChI=1S/C28H26ClF2N7O3S/c1-5-38-15(4)18(11-33-38)17-10-20(25(30)31)34-28-21(17)23(24(42-28)26(32)39)35-27(40)19-6-7-37(36-19)12-41-16-8-13(2)22(29)14(3)9-16/h6-11,25H,5,12H2,1-4H3,(H2,32,39)(H,35,40). The molecule has 0 unspecified atom stereocenters. The number of amides is 2. The number of thiophene rings is 1. The molecule has 218 valence electrons. The highest BCUT2D eigenvalue weighted by Gasteiger charge is 2.27. The molecule has 0 radical (unpaired) electrons. The normalized spacial score (nSPS) is 11.4. The summed E-state index contributed by atoms with van der Waals surface area (Å²) in [6.45, 7) is 8.04. The zero-order valence-corrected chi connectivity index (χ0v) is 24.6. The Labute approximate surface area is 248 Å². The number of fused-ring (bicyclic) bond motifs is 1. The smallest absolute Gasteiger partial charge is 0.280 e. The molecule has 0 saturated heterocycles. The van der Waals surface area contributed by atoms with Gasteiger partial charge in [-0.25, -0.2) is 18.4 Å². The van der Waals surface area contributed by atoms with E-state index in [0.717, 1.165) is 28.2 Å². The van der Waals surface area contributed by atoms with Crippen molar-refractivity contribution in [2.24, 2.45) is 5.73 Å². The molecule has 10 nitrogen and oxygen atoms in total. The SMILES string of the molecule is CCn1ncc(-c2cc(C(F)F)nc3sc(C(N)=O)c(NC(=O)c4ccn(COc5cc(C)c(Cl)c(C)c5)n4)c23)c1C. The largest absolute Gasteiger partial charge is 0.471 e. The lowest BCUT2D eigenvalue weighted by Gasteiger charge is -2.11. The van der Waals surface area contributed by atoms with Gasteiger partial charge < -0.3 is 15.8 Å². The highest BCUT2D eigenvalue weighted by molar-refractivity contribution is 7.21. The summed E-state index contributed by atoms with van der Waals surface area (Å²) in [6.07, 6.45) is 0.260. The maximum Gasteiger partial charge on any atom is 0.280 e. The van der Waals surface area contributed by atoms with Crippen molar-refractivity contribution in [3.8, 4) is 16.9 Å². The molecule has 0 aliphatic heterocycles. The van der Waals surface area contributed by atoms with E-state index >= 15 is 0 Å². The number of primary amides is 1. The number of nitrogens with zero attached hydrogens (tertiary/aromatic N) is 5. The molecule has 4 heterocycles. The Morgan fingerprint density at radius 1 is 1.17 bits per heavy atom. The van der Waals surface area contributed by atoms with Gasteiger partial charge in [-0.15, -0.1) is 11.3 Å². The summed E-state index contributed by atoms with van der Waals surface area (Å²) in [5.41, 5.74) is 8.64. The quantitative estimate of drug-likeness (QED) is 0.201. The molecule has 42 heavy (non-hydrogen) atoms. The number of halogens is 3. The first-order chi connectivity index (χ1) is 20.0. The van der Waals surface area contributed by atoms with Crippen molar-refractivity contribution in [1.29, 1.82) is 0 Å². The van der Waals surface area contributed by atoms with E-state index in [4.69, 9.17) is 22.1 Å². The number of ether oxygens (including phenoxy) is 1. The average Bonchev–Trinajstić information content (AvgIpc) is 3.67.